The molecule has 0 aliphatic heterocycles. The number of likely N-dealkylation sites (N-methyl/N-ethyl adjacent to an activating group) is 1. The normalized spacial score (nSPS) is 11.4. The Labute approximate surface area is 108 Å². The van der Waals surface area contributed by atoms with E-state index in [2.05, 4.69) is 11.4 Å². The van der Waals surface area contributed by atoms with Crippen LogP contribution in [0.1, 0.15) is 25.8 Å². The summed E-state index contributed by atoms with van der Waals surface area (Å²) in [7, 11) is 1.83. The van der Waals surface area contributed by atoms with Gasteiger partial charge >= 0.3 is 0 Å². The summed E-state index contributed by atoms with van der Waals surface area (Å²) in [5.74, 6) is -0.0212. The van der Waals surface area contributed by atoms with E-state index in [1.165, 1.54) is 0 Å². The summed E-state index contributed by atoms with van der Waals surface area (Å²) in [6.45, 7) is 4.52. The van der Waals surface area contributed by atoms with Crippen LogP contribution in [0.25, 0.3) is 0 Å². The Morgan fingerprint density at radius 3 is 2.78 bits per heavy atom. The highest BCUT2D eigenvalue weighted by molar-refractivity contribution is 5.85. The lowest BCUT2D eigenvalue weighted by atomic mass is 10.1. The number of nitriles is 1. The van der Waals surface area contributed by atoms with E-state index in [0.29, 0.717) is 12.1 Å². The minimum Gasteiger partial charge on any atom is -0.362 e. The largest absolute Gasteiger partial charge is 0.362 e. The smallest absolute Gasteiger partial charge is 0.242 e. The molecular formula is C14H19N3O. The maximum absolute atomic E-state index is 11.9. The van der Waals surface area contributed by atoms with Gasteiger partial charge in [-0.1, -0.05) is 19.1 Å². The number of nitrogens with one attached hydrogen (secondary N) is 1. The Bertz CT molecular complexity index is 451. The molecule has 1 N–H and O–H groups in total. The molecule has 96 valence electrons. The van der Waals surface area contributed by atoms with Gasteiger partial charge < -0.3 is 10.2 Å². The molecule has 0 aliphatic carbocycles. The van der Waals surface area contributed by atoms with Gasteiger partial charge in [-0.2, -0.15) is 5.26 Å². The van der Waals surface area contributed by atoms with Crippen molar-refractivity contribution < 1.29 is 4.79 Å². The van der Waals surface area contributed by atoms with Crippen molar-refractivity contribution in [2.75, 3.05) is 18.5 Å². The zero-order chi connectivity index (χ0) is 13.5. The molecular weight excluding hydrogens is 226 g/mol. The fourth-order valence-electron chi connectivity index (χ4n) is 1.66. The highest BCUT2D eigenvalue weighted by Crippen LogP contribution is 2.20. The van der Waals surface area contributed by atoms with Crippen molar-refractivity contribution in [3.05, 3.63) is 29.8 Å². The van der Waals surface area contributed by atoms with Crippen molar-refractivity contribution in [2.24, 2.45) is 0 Å². The number of hydrogen-bond donors (Lipinski definition) is 1. The van der Waals surface area contributed by atoms with Crippen LogP contribution in [-0.2, 0) is 4.79 Å². The Balaban J connectivity index is 2.83. The highest BCUT2D eigenvalue weighted by atomic mass is 16.2. The van der Waals surface area contributed by atoms with Crippen LogP contribution in [0.15, 0.2) is 24.3 Å². The second kappa shape index (κ2) is 6.65. The average Bonchev–Trinajstić information content (AvgIpc) is 2.42. The Morgan fingerprint density at radius 1 is 1.50 bits per heavy atom. The number of carbonyl (C=O) groups excluding carboxylic acids is 1. The fraction of sp³-hybridized carbons (Fsp3) is 0.429. The summed E-state index contributed by atoms with van der Waals surface area (Å²) in [5, 5.41) is 11.9. The molecule has 1 unspecified atom stereocenters. The molecule has 0 aliphatic rings. The van der Waals surface area contributed by atoms with Gasteiger partial charge in [-0.3, -0.25) is 4.79 Å². The monoisotopic (exact) mass is 245 g/mol. The van der Waals surface area contributed by atoms with E-state index in [1.54, 1.807) is 6.07 Å². The highest BCUT2D eigenvalue weighted by Gasteiger charge is 2.19. The van der Waals surface area contributed by atoms with Crippen LogP contribution in [0, 0.1) is 11.3 Å². The van der Waals surface area contributed by atoms with Crippen LogP contribution in [0.5, 0.6) is 0 Å². The molecule has 4 heteroatoms. The second-order valence-corrected chi connectivity index (χ2v) is 4.21. The number of carbonyl (C=O) groups is 1. The number of benzene rings is 1. The molecule has 4 nitrogen and oxygen atoms in total. The van der Waals surface area contributed by atoms with Crippen molar-refractivity contribution in [1.29, 1.82) is 5.26 Å². The third-order valence-electron chi connectivity index (χ3n) is 2.91. The molecule has 18 heavy (non-hydrogen) atoms. The summed E-state index contributed by atoms with van der Waals surface area (Å²) in [5.41, 5.74) is 1.36. The zero-order valence-corrected chi connectivity index (χ0v) is 11.1. The van der Waals surface area contributed by atoms with Crippen LogP contribution in [-0.4, -0.2) is 25.5 Å². The molecule has 0 saturated heterocycles. The van der Waals surface area contributed by atoms with Crippen molar-refractivity contribution in [2.45, 2.75) is 26.3 Å². The molecule has 0 fully saturated rings. The van der Waals surface area contributed by atoms with E-state index in [1.807, 2.05) is 44.0 Å². The molecule has 1 amide bonds. The van der Waals surface area contributed by atoms with Gasteiger partial charge in [0.2, 0.25) is 5.91 Å². The number of hydrogen-bond acceptors (Lipinski definition) is 3. The third kappa shape index (κ3) is 3.24. The lowest BCUT2D eigenvalue weighted by molar-refractivity contribution is -0.121. The predicted molar refractivity (Wildman–Crippen MR) is 72.3 cm³/mol. The van der Waals surface area contributed by atoms with E-state index in [-0.39, 0.29) is 11.9 Å². The number of para-hydroxylation sites is 1. The van der Waals surface area contributed by atoms with Gasteiger partial charge in [0.05, 0.1) is 11.3 Å². The van der Waals surface area contributed by atoms with Gasteiger partial charge in [0, 0.05) is 13.6 Å². The van der Waals surface area contributed by atoms with Crippen molar-refractivity contribution in [1.82, 2.24) is 5.32 Å². The quantitative estimate of drug-likeness (QED) is 0.862. The van der Waals surface area contributed by atoms with Gasteiger partial charge in [0.15, 0.2) is 0 Å². The maximum atomic E-state index is 11.9. The van der Waals surface area contributed by atoms with E-state index < -0.39 is 0 Å². The minimum absolute atomic E-state index is 0.0212. The van der Waals surface area contributed by atoms with Crippen LogP contribution in [0.2, 0.25) is 0 Å². The van der Waals surface area contributed by atoms with Crippen LogP contribution in [0.3, 0.4) is 0 Å². The molecule has 1 aromatic rings. The summed E-state index contributed by atoms with van der Waals surface area (Å²) < 4.78 is 0. The minimum atomic E-state index is -0.300. The van der Waals surface area contributed by atoms with Gasteiger partial charge in [-0.05, 0) is 25.5 Å². The first-order valence-electron chi connectivity index (χ1n) is 6.11. The van der Waals surface area contributed by atoms with Crippen molar-refractivity contribution in [3.8, 4) is 6.07 Å². The van der Waals surface area contributed by atoms with Crippen LogP contribution >= 0.6 is 0 Å². The molecule has 0 radical (unpaired) electrons. The molecule has 0 spiro atoms. The molecule has 1 aromatic carbocycles. The Hall–Kier alpha value is -2.02. The number of amides is 1. The number of anilines is 1. The molecule has 0 heterocycles. The maximum Gasteiger partial charge on any atom is 0.242 e. The number of rotatable bonds is 5. The molecule has 0 aromatic heterocycles. The summed E-state index contributed by atoms with van der Waals surface area (Å²) in [6, 6.07) is 9.12. The Morgan fingerprint density at radius 2 is 2.17 bits per heavy atom. The van der Waals surface area contributed by atoms with E-state index in [0.717, 1.165) is 12.1 Å². The summed E-state index contributed by atoms with van der Waals surface area (Å²) in [4.78, 5) is 13.7. The topological polar surface area (TPSA) is 56.1 Å². The van der Waals surface area contributed by atoms with Gasteiger partial charge in [-0.25, -0.2) is 0 Å². The first kappa shape index (κ1) is 14.0. The molecule has 0 bridgehead atoms. The first-order valence-corrected chi connectivity index (χ1v) is 6.11. The summed E-state index contributed by atoms with van der Waals surface area (Å²) >= 11 is 0. The van der Waals surface area contributed by atoms with Crippen LogP contribution < -0.4 is 10.2 Å². The SMILES string of the molecule is CCCNC(=O)C(C)N(C)c1ccccc1C#N. The first-order chi connectivity index (χ1) is 8.61. The third-order valence-corrected chi connectivity index (χ3v) is 2.91. The second-order valence-electron chi connectivity index (χ2n) is 4.21. The number of nitrogens with zero attached hydrogens (tertiary/aromatic N) is 2. The fourth-order valence-corrected chi connectivity index (χ4v) is 1.66. The lowest BCUT2D eigenvalue weighted by Crippen LogP contribution is -2.43. The van der Waals surface area contributed by atoms with Crippen molar-refractivity contribution >= 4 is 11.6 Å². The van der Waals surface area contributed by atoms with E-state index in [4.69, 9.17) is 5.26 Å². The van der Waals surface area contributed by atoms with E-state index in [9.17, 15) is 4.79 Å². The molecule has 0 saturated carbocycles. The van der Waals surface area contributed by atoms with E-state index >= 15 is 0 Å². The van der Waals surface area contributed by atoms with Crippen molar-refractivity contribution in [3.63, 3.8) is 0 Å². The zero-order valence-electron chi connectivity index (χ0n) is 11.1. The standard InChI is InChI=1S/C14H19N3O/c1-4-9-16-14(18)11(2)17(3)13-8-6-5-7-12(13)10-15/h5-8,11H,4,9H2,1-3H3,(H,16,18). The molecule has 1 atom stereocenters. The lowest BCUT2D eigenvalue weighted by Gasteiger charge is -2.26. The van der Waals surface area contributed by atoms with Crippen LogP contribution in [0.4, 0.5) is 5.69 Å². The van der Waals surface area contributed by atoms with Gasteiger partial charge in [-0.15, -0.1) is 0 Å². The Kier molecular flexibility index (Phi) is 5.19. The molecule has 1 rings (SSSR count). The predicted octanol–water partition coefficient (Wildman–Crippen LogP) is 1.91. The van der Waals surface area contributed by atoms with Gasteiger partial charge in [0.1, 0.15) is 12.1 Å². The average molecular weight is 245 g/mol. The summed E-state index contributed by atoms with van der Waals surface area (Å²) in [6.07, 6.45) is 0.914. The van der Waals surface area contributed by atoms with Gasteiger partial charge in [0.25, 0.3) is 0 Å².